The van der Waals surface area contributed by atoms with Crippen LogP contribution in [0.4, 0.5) is 5.82 Å². The molecule has 9 heavy (non-hydrogen) atoms. The van der Waals surface area contributed by atoms with E-state index in [4.69, 9.17) is 5.73 Å². The molecule has 1 aromatic rings. The van der Waals surface area contributed by atoms with Gasteiger partial charge in [0.1, 0.15) is 5.82 Å². The minimum absolute atomic E-state index is 0.868. The fourth-order valence-electron chi connectivity index (χ4n) is 0.923. The molecular weight excluding hydrogens is 112 g/mol. The van der Waals surface area contributed by atoms with Gasteiger partial charge in [0.25, 0.3) is 0 Å². The first-order chi connectivity index (χ1) is 4.13. The standard InChI is InChI=1S/C7H12N2/c1-5-4-9(3)7(8)6(5)2/h4H,8H2,1-3H3. The maximum atomic E-state index is 5.67. The number of nitrogens with two attached hydrogens (primary N) is 1. The molecule has 2 N–H and O–H groups in total. The highest BCUT2D eigenvalue weighted by Crippen LogP contribution is 2.15. The Morgan fingerprint density at radius 1 is 1.44 bits per heavy atom. The predicted molar refractivity (Wildman–Crippen MR) is 39.3 cm³/mol. The van der Waals surface area contributed by atoms with Crippen molar-refractivity contribution in [3.05, 3.63) is 17.3 Å². The van der Waals surface area contributed by atoms with Crippen LogP contribution in [0.25, 0.3) is 0 Å². The van der Waals surface area contributed by atoms with Gasteiger partial charge in [0.15, 0.2) is 0 Å². The number of aryl methyl sites for hydroxylation is 2. The van der Waals surface area contributed by atoms with Crippen molar-refractivity contribution in [2.45, 2.75) is 13.8 Å². The Morgan fingerprint density at radius 2 is 2.00 bits per heavy atom. The van der Waals surface area contributed by atoms with E-state index in [0.717, 1.165) is 5.82 Å². The maximum absolute atomic E-state index is 5.67. The average molecular weight is 124 g/mol. The Hall–Kier alpha value is -0.920. The Bertz CT molecular complexity index is 201. The summed E-state index contributed by atoms with van der Waals surface area (Å²) >= 11 is 0. The van der Waals surface area contributed by atoms with Gasteiger partial charge in [-0.15, -0.1) is 0 Å². The van der Waals surface area contributed by atoms with Crippen molar-refractivity contribution >= 4 is 5.82 Å². The first-order valence-electron chi connectivity index (χ1n) is 3.01. The Kier molecular flexibility index (Phi) is 1.24. The van der Waals surface area contributed by atoms with Crippen molar-refractivity contribution in [1.29, 1.82) is 0 Å². The van der Waals surface area contributed by atoms with Crippen molar-refractivity contribution in [2.24, 2.45) is 7.05 Å². The molecule has 0 unspecified atom stereocenters. The van der Waals surface area contributed by atoms with E-state index < -0.39 is 0 Å². The maximum Gasteiger partial charge on any atom is 0.106 e. The number of rotatable bonds is 0. The van der Waals surface area contributed by atoms with Gasteiger partial charge >= 0.3 is 0 Å². The summed E-state index contributed by atoms with van der Waals surface area (Å²) in [6.45, 7) is 4.09. The largest absolute Gasteiger partial charge is 0.385 e. The van der Waals surface area contributed by atoms with Gasteiger partial charge in [-0.3, -0.25) is 0 Å². The summed E-state index contributed by atoms with van der Waals surface area (Å²) in [5.41, 5.74) is 8.12. The Balaban J connectivity index is 3.29. The van der Waals surface area contributed by atoms with Crippen molar-refractivity contribution in [3.8, 4) is 0 Å². The lowest BCUT2D eigenvalue weighted by atomic mass is 10.2. The highest BCUT2D eigenvalue weighted by atomic mass is 15.0. The third-order valence-corrected chi connectivity index (χ3v) is 1.74. The zero-order valence-electron chi connectivity index (χ0n) is 6.10. The molecule has 2 nitrogen and oxygen atoms in total. The van der Waals surface area contributed by atoms with Gasteiger partial charge in [-0.2, -0.15) is 0 Å². The number of hydrogen-bond acceptors (Lipinski definition) is 1. The lowest BCUT2D eigenvalue weighted by molar-refractivity contribution is 0.936. The molecule has 0 radical (unpaired) electrons. The zero-order valence-corrected chi connectivity index (χ0v) is 6.10. The molecule has 50 valence electrons. The highest BCUT2D eigenvalue weighted by molar-refractivity contribution is 5.45. The number of hydrogen-bond donors (Lipinski definition) is 1. The topological polar surface area (TPSA) is 30.9 Å². The summed E-state index contributed by atoms with van der Waals surface area (Å²) in [5, 5.41) is 0. The lowest BCUT2D eigenvalue weighted by Crippen LogP contribution is -1.94. The molecule has 1 aromatic heterocycles. The van der Waals surface area contributed by atoms with Crippen LogP contribution < -0.4 is 5.73 Å². The van der Waals surface area contributed by atoms with Gasteiger partial charge in [-0.1, -0.05) is 0 Å². The van der Waals surface area contributed by atoms with E-state index in [2.05, 4.69) is 6.92 Å². The van der Waals surface area contributed by atoms with Crippen molar-refractivity contribution in [3.63, 3.8) is 0 Å². The van der Waals surface area contributed by atoms with Crippen LogP contribution in [0.2, 0.25) is 0 Å². The summed E-state index contributed by atoms with van der Waals surface area (Å²) in [5.74, 6) is 0.868. The van der Waals surface area contributed by atoms with Gasteiger partial charge in [0.05, 0.1) is 0 Å². The van der Waals surface area contributed by atoms with E-state index in [1.54, 1.807) is 0 Å². The van der Waals surface area contributed by atoms with E-state index in [1.807, 2.05) is 24.7 Å². The molecule has 0 saturated heterocycles. The van der Waals surface area contributed by atoms with Gasteiger partial charge in [-0.05, 0) is 25.0 Å². The molecular formula is C7H12N2. The number of anilines is 1. The normalized spacial score (nSPS) is 10.1. The Morgan fingerprint density at radius 3 is 2.11 bits per heavy atom. The molecule has 0 aliphatic rings. The SMILES string of the molecule is Cc1cn(C)c(N)c1C. The van der Waals surface area contributed by atoms with E-state index in [0.29, 0.717) is 0 Å². The minimum atomic E-state index is 0.868. The van der Waals surface area contributed by atoms with Crippen LogP contribution in [-0.4, -0.2) is 4.57 Å². The molecule has 0 fully saturated rings. The second-order valence-electron chi connectivity index (χ2n) is 2.43. The summed E-state index contributed by atoms with van der Waals surface area (Å²) in [7, 11) is 1.95. The monoisotopic (exact) mass is 124 g/mol. The number of nitrogens with zero attached hydrogens (tertiary/aromatic N) is 1. The molecule has 0 aromatic carbocycles. The molecule has 0 saturated carbocycles. The van der Waals surface area contributed by atoms with Crippen LogP contribution in [0.15, 0.2) is 6.20 Å². The van der Waals surface area contributed by atoms with Crippen LogP contribution in [0.1, 0.15) is 11.1 Å². The van der Waals surface area contributed by atoms with E-state index in [1.165, 1.54) is 11.1 Å². The summed E-state index contributed by atoms with van der Waals surface area (Å²) in [6.07, 6.45) is 2.03. The third-order valence-electron chi connectivity index (χ3n) is 1.74. The van der Waals surface area contributed by atoms with Gasteiger partial charge in [0.2, 0.25) is 0 Å². The Labute approximate surface area is 55.3 Å². The summed E-state index contributed by atoms with van der Waals surface area (Å²) < 4.78 is 1.94. The van der Waals surface area contributed by atoms with Crippen LogP contribution >= 0.6 is 0 Å². The number of aromatic nitrogens is 1. The van der Waals surface area contributed by atoms with Crippen LogP contribution in [0.5, 0.6) is 0 Å². The molecule has 1 heterocycles. The van der Waals surface area contributed by atoms with Crippen molar-refractivity contribution in [1.82, 2.24) is 4.57 Å². The van der Waals surface area contributed by atoms with E-state index in [-0.39, 0.29) is 0 Å². The highest BCUT2D eigenvalue weighted by Gasteiger charge is 2.00. The molecule has 0 atom stereocenters. The van der Waals surface area contributed by atoms with Crippen LogP contribution in [0, 0.1) is 13.8 Å². The molecule has 0 aliphatic carbocycles. The second kappa shape index (κ2) is 1.79. The molecule has 0 spiro atoms. The third kappa shape index (κ3) is 0.803. The zero-order chi connectivity index (χ0) is 7.02. The van der Waals surface area contributed by atoms with Crippen molar-refractivity contribution < 1.29 is 0 Å². The summed E-state index contributed by atoms with van der Waals surface area (Å²) in [6, 6.07) is 0. The number of nitrogen functional groups attached to an aromatic ring is 1. The predicted octanol–water partition coefficient (Wildman–Crippen LogP) is 1.22. The molecule has 0 bridgehead atoms. The van der Waals surface area contributed by atoms with Crippen molar-refractivity contribution in [2.75, 3.05) is 5.73 Å². The quantitative estimate of drug-likeness (QED) is 0.554. The smallest absolute Gasteiger partial charge is 0.106 e. The minimum Gasteiger partial charge on any atom is -0.385 e. The van der Waals surface area contributed by atoms with Crippen LogP contribution in [-0.2, 0) is 7.05 Å². The molecule has 0 aliphatic heterocycles. The lowest BCUT2D eigenvalue weighted by Gasteiger charge is -1.93. The molecule has 1 rings (SSSR count). The fourth-order valence-corrected chi connectivity index (χ4v) is 0.923. The van der Waals surface area contributed by atoms with E-state index in [9.17, 15) is 0 Å². The summed E-state index contributed by atoms with van der Waals surface area (Å²) in [4.78, 5) is 0. The van der Waals surface area contributed by atoms with Gasteiger partial charge < -0.3 is 10.3 Å². The average Bonchev–Trinajstić information content (AvgIpc) is 1.98. The van der Waals surface area contributed by atoms with Crippen LogP contribution in [0.3, 0.4) is 0 Å². The molecule has 2 heteroatoms. The van der Waals surface area contributed by atoms with E-state index >= 15 is 0 Å². The second-order valence-corrected chi connectivity index (χ2v) is 2.43. The first-order valence-corrected chi connectivity index (χ1v) is 3.01. The first kappa shape index (κ1) is 6.20. The van der Waals surface area contributed by atoms with Gasteiger partial charge in [-0.25, -0.2) is 0 Å². The van der Waals surface area contributed by atoms with Gasteiger partial charge in [0, 0.05) is 13.2 Å². The molecule has 0 amide bonds. The fraction of sp³-hybridized carbons (Fsp3) is 0.429.